The molecule has 2 aromatic carbocycles. The van der Waals surface area contributed by atoms with Gasteiger partial charge in [-0.3, -0.25) is 10.1 Å². The summed E-state index contributed by atoms with van der Waals surface area (Å²) in [5.41, 5.74) is 1.63. The van der Waals surface area contributed by atoms with Gasteiger partial charge in [0.25, 0.3) is 5.91 Å². The Labute approximate surface area is 177 Å². The minimum Gasteiger partial charge on any atom is -0.494 e. The highest BCUT2D eigenvalue weighted by atomic mass is 32.1. The van der Waals surface area contributed by atoms with Crippen molar-refractivity contribution in [1.29, 1.82) is 0 Å². The number of nitrogens with zero attached hydrogens (tertiary/aromatic N) is 1. The number of ether oxygens (including phenoxy) is 2. The average Bonchev–Trinajstić information content (AvgIpc) is 3.10. The Hall–Kier alpha value is -3.04. The molecule has 1 heterocycles. The van der Waals surface area contributed by atoms with Gasteiger partial charge in [-0.2, -0.15) is 0 Å². The summed E-state index contributed by atoms with van der Waals surface area (Å²) in [7, 11) is 0. The zero-order chi connectivity index (χ0) is 20.8. The molecule has 0 bridgehead atoms. The van der Waals surface area contributed by atoms with Crippen molar-refractivity contribution in [2.45, 2.75) is 13.8 Å². The van der Waals surface area contributed by atoms with E-state index in [1.807, 2.05) is 6.92 Å². The van der Waals surface area contributed by atoms with E-state index in [1.165, 1.54) is 11.3 Å². The van der Waals surface area contributed by atoms with Gasteiger partial charge in [0.15, 0.2) is 10.2 Å². The molecule has 0 radical (unpaired) electrons. The van der Waals surface area contributed by atoms with Gasteiger partial charge in [-0.05, 0) is 68.5 Å². The zero-order valence-electron chi connectivity index (χ0n) is 15.9. The molecular formula is C20H19N3O4S2. The number of fused-ring (bicyclic) bond motifs is 1. The number of aromatic nitrogens is 1. The van der Waals surface area contributed by atoms with Gasteiger partial charge in [-0.15, -0.1) is 0 Å². The number of benzene rings is 2. The molecular weight excluding hydrogens is 410 g/mol. The summed E-state index contributed by atoms with van der Waals surface area (Å²) in [4.78, 5) is 28.6. The quantitative estimate of drug-likeness (QED) is 0.452. The van der Waals surface area contributed by atoms with E-state index in [-0.39, 0.29) is 17.0 Å². The van der Waals surface area contributed by atoms with Gasteiger partial charge in [0.1, 0.15) is 5.75 Å². The normalized spacial score (nSPS) is 10.4. The molecule has 0 aliphatic heterocycles. The number of esters is 1. The van der Waals surface area contributed by atoms with E-state index in [0.717, 1.165) is 4.70 Å². The van der Waals surface area contributed by atoms with Gasteiger partial charge in [0, 0.05) is 5.56 Å². The van der Waals surface area contributed by atoms with Crippen molar-refractivity contribution in [2.24, 2.45) is 0 Å². The first kappa shape index (κ1) is 20.7. The maximum Gasteiger partial charge on any atom is 0.338 e. The monoisotopic (exact) mass is 429 g/mol. The van der Waals surface area contributed by atoms with Gasteiger partial charge < -0.3 is 14.8 Å². The standard InChI is InChI=1S/C20H19N3O4S2/c1-3-26-14-8-5-12(6-9-14)17(24)22-19(28)23-20-21-15-10-7-13(11-16(15)29-20)18(25)27-4-2/h5-11H,3-4H2,1-2H3,(H2,21,22,23,24,28). The van der Waals surface area contributed by atoms with E-state index < -0.39 is 0 Å². The predicted molar refractivity (Wildman–Crippen MR) is 117 cm³/mol. The fourth-order valence-corrected chi connectivity index (χ4v) is 3.66. The Balaban J connectivity index is 1.64. The first-order valence-electron chi connectivity index (χ1n) is 8.93. The van der Waals surface area contributed by atoms with Crippen LogP contribution in [0.15, 0.2) is 42.5 Å². The number of anilines is 1. The molecule has 9 heteroatoms. The lowest BCUT2D eigenvalue weighted by atomic mass is 10.2. The number of carbonyl (C=O) groups is 2. The average molecular weight is 430 g/mol. The molecule has 1 aromatic heterocycles. The Kier molecular flexibility index (Phi) is 6.73. The highest BCUT2D eigenvalue weighted by Gasteiger charge is 2.12. The van der Waals surface area contributed by atoms with Crippen LogP contribution < -0.4 is 15.4 Å². The maximum atomic E-state index is 12.3. The SMILES string of the molecule is CCOC(=O)c1ccc2nc(NC(=S)NC(=O)c3ccc(OCC)cc3)sc2c1. The number of nitrogens with one attached hydrogen (secondary N) is 2. The fraction of sp³-hybridized carbons (Fsp3) is 0.200. The summed E-state index contributed by atoms with van der Waals surface area (Å²) in [6.45, 7) is 4.52. The van der Waals surface area contributed by atoms with Crippen molar-refractivity contribution in [3.8, 4) is 5.75 Å². The first-order valence-corrected chi connectivity index (χ1v) is 10.2. The van der Waals surface area contributed by atoms with Gasteiger partial charge in [-0.1, -0.05) is 11.3 Å². The Morgan fingerprint density at radius 2 is 1.79 bits per heavy atom. The molecule has 3 rings (SSSR count). The highest BCUT2D eigenvalue weighted by Crippen LogP contribution is 2.27. The second-order valence-electron chi connectivity index (χ2n) is 5.79. The topological polar surface area (TPSA) is 89.5 Å². The minimum absolute atomic E-state index is 0.133. The highest BCUT2D eigenvalue weighted by molar-refractivity contribution is 7.80. The van der Waals surface area contributed by atoms with Crippen LogP contribution in [-0.4, -0.2) is 35.2 Å². The number of hydrogen-bond donors (Lipinski definition) is 2. The van der Waals surface area contributed by atoms with Gasteiger partial charge in [-0.25, -0.2) is 9.78 Å². The summed E-state index contributed by atoms with van der Waals surface area (Å²) in [5.74, 6) is -0.0203. The van der Waals surface area contributed by atoms with Crippen LogP contribution in [0.1, 0.15) is 34.6 Å². The lowest BCUT2D eigenvalue weighted by Gasteiger charge is -2.08. The largest absolute Gasteiger partial charge is 0.494 e. The molecule has 1 amide bonds. The second kappa shape index (κ2) is 9.44. The molecule has 0 aliphatic carbocycles. The van der Waals surface area contributed by atoms with E-state index >= 15 is 0 Å². The van der Waals surface area contributed by atoms with E-state index in [2.05, 4.69) is 15.6 Å². The molecule has 0 saturated heterocycles. The lowest BCUT2D eigenvalue weighted by molar-refractivity contribution is 0.0526. The summed E-state index contributed by atoms with van der Waals surface area (Å²) in [6.07, 6.45) is 0. The van der Waals surface area contributed by atoms with E-state index in [0.29, 0.717) is 40.7 Å². The zero-order valence-corrected chi connectivity index (χ0v) is 17.5. The third-order valence-corrected chi connectivity index (χ3v) is 4.91. The molecule has 3 aromatic rings. The molecule has 0 aliphatic rings. The van der Waals surface area contributed by atoms with Crippen molar-refractivity contribution in [3.63, 3.8) is 0 Å². The predicted octanol–water partition coefficient (Wildman–Crippen LogP) is 4.00. The molecule has 0 fully saturated rings. The van der Waals surface area contributed by atoms with E-state index in [4.69, 9.17) is 21.7 Å². The minimum atomic E-state index is -0.379. The van der Waals surface area contributed by atoms with Crippen LogP contribution in [0, 0.1) is 0 Å². The Bertz CT molecular complexity index is 1050. The van der Waals surface area contributed by atoms with Crippen LogP contribution in [0.5, 0.6) is 5.75 Å². The molecule has 0 atom stereocenters. The van der Waals surface area contributed by atoms with Crippen molar-refractivity contribution in [3.05, 3.63) is 53.6 Å². The third kappa shape index (κ3) is 5.27. The van der Waals surface area contributed by atoms with Gasteiger partial charge in [0.2, 0.25) is 0 Å². The van der Waals surface area contributed by atoms with Gasteiger partial charge >= 0.3 is 5.97 Å². The number of thiazole rings is 1. The van der Waals surface area contributed by atoms with Crippen LogP contribution in [0.4, 0.5) is 5.13 Å². The number of amides is 1. The molecule has 7 nitrogen and oxygen atoms in total. The van der Waals surface area contributed by atoms with Crippen LogP contribution in [0.3, 0.4) is 0 Å². The Morgan fingerprint density at radius 1 is 1.07 bits per heavy atom. The van der Waals surface area contributed by atoms with Crippen molar-refractivity contribution in [2.75, 3.05) is 18.5 Å². The lowest BCUT2D eigenvalue weighted by Crippen LogP contribution is -2.34. The van der Waals surface area contributed by atoms with Crippen molar-refractivity contribution >= 4 is 55.9 Å². The van der Waals surface area contributed by atoms with E-state index in [1.54, 1.807) is 49.4 Å². The summed E-state index contributed by atoms with van der Waals surface area (Å²) < 4.78 is 11.2. The number of hydrogen-bond acceptors (Lipinski definition) is 7. The van der Waals surface area contributed by atoms with Crippen molar-refractivity contribution < 1.29 is 19.1 Å². The van der Waals surface area contributed by atoms with Gasteiger partial charge in [0.05, 0.1) is 29.0 Å². The molecule has 0 saturated carbocycles. The maximum absolute atomic E-state index is 12.3. The van der Waals surface area contributed by atoms with Crippen molar-refractivity contribution in [1.82, 2.24) is 10.3 Å². The van der Waals surface area contributed by atoms with E-state index in [9.17, 15) is 9.59 Å². The first-order chi connectivity index (χ1) is 14.0. The molecule has 0 spiro atoms. The summed E-state index contributed by atoms with van der Waals surface area (Å²) >= 11 is 6.53. The Morgan fingerprint density at radius 3 is 2.48 bits per heavy atom. The molecule has 150 valence electrons. The molecule has 0 unspecified atom stereocenters. The van der Waals surface area contributed by atoms with Crippen LogP contribution in [-0.2, 0) is 4.74 Å². The number of rotatable bonds is 6. The van der Waals surface area contributed by atoms with Crippen LogP contribution in [0.25, 0.3) is 10.2 Å². The number of thiocarbonyl (C=S) groups is 1. The third-order valence-electron chi connectivity index (χ3n) is 3.77. The second-order valence-corrected chi connectivity index (χ2v) is 7.23. The fourth-order valence-electron chi connectivity index (χ4n) is 2.49. The number of carbonyl (C=O) groups excluding carboxylic acids is 2. The van der Waals surface area contributed by atoms with Crippen LogP contribution >= 0.6 is 23.6 Å². The smallest absolute Gasteiger partial charge is 0.338 e. The summed E-state index contributed by atoms with van der Waals surface area (Å²) in [5, 5.41) is 6.17. The summed E-state index contributed by atoms with van der Waals surface area (Å²) in [6, 6.07) is 11.9. The van der Waals surface area contributed by atoms with Crippen LogP contribution in [0.2, 0.25) is 0 Å². The molecule has 29 heavy (non-hydrogen) atoms. The molecule has 2 N–H and O–H groups in total.